The van der Waals surface area contributed by atoms with E-state index in [1.54, 1.807) is 43.5 Å². The molecule has 0 unspecified atom stereocenters. The first kappa shape index (κ1) is 43.4. The lowest BCUT2D eigenvalue weighted by Gasteiger charge is -2.11. The number of H-pyrrole nitrogens is 1. The molecule has 4 aromatic carbocycles. The summed E-state index contributed by atoms with van der Waals surface area (Å²) in [6, 6.07) is 29.3. The third-order valence-corrected chi connectivity index (χ3v) is 14.4. The van der Waals surface area contributed by atoms with Gasteiger partial charge in [-0.3, -0.25) is 18.2 Å². The van der Waals surface area contributed by atoms with Crippen molar-refractivity contribution in [3.8, 4) is 44.5 Å². The number of fused-ring (bicyclic) bond motifs is 8. The summed E-state index contributed by atoms with van der Waals surface area (Å²) >= 11 is 0. The number of nitrogens with one attached hydrogen (secondary N) is 1. The molecule has 2 aliphatic heterocycles. The first-order valence-electron chi connectivity index (χ1n) is 19.1. The van der Waals surface area contributed by atoms with Gasteiger partial charge in [-0.2, -0.15) is 33.7 Å². The van der Waals surface area contributed by atoms with E-state index >= 15 is 0 Å². The summed E-state index contributed by atoms with van der Waals surface area (Å²) in [5.74, 6) is 0. The lowest BCUT2D eigenvalue weighted by atomic mass is 10.0. The fourth-order valence-corrected chi connectivity index (χ4v) is 9.81. The second-order valence-corrected chi connectivity index (χ2v) is 20.6. The summed E-state index contributed by atoms with van der Waals surface area (Å²) < 4.78 is 138. The van der Waals surface area contributed by atoms with Crippen molar-refractivity contribution in [2.24, 2.45) is 7.05 Å². The van der Waals surface area contributed by atoms with Crippen molar-refractivity contribution in [1.29, 1.82) is 0 Å². The Balaban J connectivity index is 1.46. The quantitative estimate of drug-likeness (QED) is 0.0897. The van der Waals surface area contributed by atoms with Gasteiger partial charge in [-0.25, -0.2) is 9.97 Å². The zero-order valence-corrected chi connectivity index (χ0v) is 36.7. The van der Waals surface area contributed by atoms with Crippen LogP contribution in [0.5, 0.6) is 0 Å². The maximum absolute atomic E-state index is 12.1. The second kappa shape index (κ2) is 15.7. The summed E-state index contributed by atoms with van der Waals surface area (Å²) in [6.07, 6.45) is 6.99. The molecule has 0 aliphatic carbocycles. The van der Waals surface area contributed by atoms with Gasteiger partial charge in [-0.15, -0.1) is 0 Å². The number of aromatic nitrogens is 4. The molecule has 0 atom stereocenters. The third kappa shape index (κ3) is 8.24. The van der Waals surface area contributed by atoms with Crippen LogP contribution in [0, 0.1) is 0 Å². The van der Waals surface area contributed by atoms with Gasteiger partial charge in [-0.05, 0) is 119 Å². The average Bonchev–Trinajstić information content (AvgIpc) is 4.09. The Labute approximate surface area is 371 Å². The molecule has 3 aromatic heterocycles. The molecular formula is C45H32N4O12S4. The molecular weight excluding hydrogens is 917 g/mol. The molecule has 65 heavy (non-hydrogen) atoms. The Morgan fingerprint density at radius 3 is 0.877 bits per heavy atom. The van der Waals surface area contributed by atoms with Crippen LogP contribution in [0.15, 0.2) is 141 Å². The molecule has 0 radical (unpaired) electrons. The number of rotatable bonds is 8. The van der Waals surface area contributed by atoms with E-state index in [0.29, 0.717) is 89.4 Å². The summed E-state index contributed by atoms with van der Waals surface area (Å²) in [6.45, 7) is 0. The highest BCUT2D eigenvalue weighted by Gasteiger charge is 2.22. The van der Waals surface area contributed by atoms with E-state index in [1.807, 2.05) is 16.7 Å². The smallest absolute Gasteiger partial charge is 0.294 e. The lowest BCUT2D eigenvalue weighted by molar-refractivity contribution is 0.481. The van der Waals surface area contributed by atoms with E-state index in [9.17, 15) is 51.9 Å². The highest BCUT2D eigenvalue weighted by atomic mass is 32.2. The normalized spacial score (nSPS) is 13.1. The van der Waals surface area contributed by atoms with Crippen molar-refractivity contribution in [3.63, 3.8) is 0 Å². The lowest BCUT2D eigenvalue weighted by Crippen LogP contribution is -1.99. The number of nitrogens with zero attached hydrogens (tertiary/aromatic N) is 3. The molecule has 5 N–H and O–H groups in total. The Bertz CT molecular complexity index is 3590. The Morgan fingerprint density at radius 2 is 0.615 bits per heavy atom. The predicted octanol–water partition coefficient (Wildman–Crippen LogP) is 8.32. The number of aromatic amines is 1. The van der Waals surface area contributed by atoms with Gasteiger partial charge in [0.05, 0.1) is 53.4 Å². The van der Waals surface area contributed by atoms with Gasteiger partial charge in [-0.1, -0.05) is 48.5 Å². The molecule has 20 heteroatoms. The minimum atomic E-state index is -4.55. The summed E-state index contributed by atoms with van der Waals surface area (Å²) in [5.41, 5.74) is 7.77. The SMILES string of the molecule is Cn1c2ccc1c(-c1ccc(S(=O)(=O)O)cc1)c1nc(c(-c3ccc(S(=O)(=O)O)cc3)c3ccc([nH]3)c(-c3ccc(S(=O)(=O)O)cc3)c3nc(c2-c2ccc(S(=O)(=O)O)cc2)C=C3)C=C1. The van der Waals surface area contributed by atoms with Crippen molar-refractivity contribution in [2.45, 2.75) is 19.6 Å². The van der Waals surface area contributed by atoms with Gasteiger partial charge in [0.25, 0.3) is 40.5 Å². The van der Waals surface area contributed by atoms with Crippen LogP contribution in [0.4, 0.5) is 0 Å². The van der Waals surface area contributed by atoms with E-state index in [0.717, 1.165) is 0 Å². The average molecular weight is 949 g/mol. The highest BCUT2D eigenvalue weighted by molar-refractivity contribution is 7.86. The molecule has 7 aromatic rings. The van der Waals surface area contributed by atoms with Crippen LogP contribution in [0.1, 0.15) is 22.8 Å². The van der Waals surface area contributed by atoms with Crippen LogP contribution < -0.4 is 0 Å². The fourth-order valence-electron chi connectivity index (χ4n) is 7.89. The van der Waals surface area contributed by atoms with Crippen LogP contribution in [0.25, 0.3) is 90.9 Å². The largest absolute Gasteiger partial charge is 0.354 e. The molecule has 0 saturated carbocycles. The first-order valence-corrected chi connectivity index (χ1v) is 24.9. The molecule has 2 aliphatic rings. The van der Waals surface area contributed by atoms with Gasteiger partial charge in [0.15, 0.2) is 0 Å². The Kier molecular flexibility index (Phi) is 10.5. The van der Waals surface area contributed by atoms with E-state index in [-0.39, 0.29) is 19.6 Å². The molecule has 5 heterocycles. The van der Waals surface area contributed by atoms with Crippen LogP contribution in [-0.4, -0.2) is 71.4 Å². The number of aryl methyl sites for hydroxylation is 1. The van der Waals surface area contributed by atoms with Gasteiger partial charge in [0, 0.05) is 40.3 Å². The van der Waals surface area contributed by atoms with Crippen molar-refractivity contribution in [1.82, 2.24) is 19.5 Å². The minimum Gasteiger partial charge on any atom is -0.354 e. The van der Waals surface area contributed by atoms with E-state index < -0.39 is 40.5 Å². The van der Waals surface area contributed by atoms with Crippen molar-refractivity contribution >= 4 is 86.8 Å². The maximum atomic E-state index is 12.1. The van der Waals surface area contributed by atoms with Gasteiger partial charge < -0.3 is 9.55 Å². The molecule has 0 amide bonds. The van der Waals surface area contributed by atoms with Crippen LogP contribution >= 0.6 is 0 Å². The molecule has 0 saturated heterocycles. The second-order valence-electron chi connectivity index (χ2n) is 14.9. The first-order chi connectivity index (χ1) is 30.6. The molecule has 8 bridgehead atoms. The third-order valence-electron chi connectivity index (χ3n) is 10.9. The molecule has 328 valence electrons. The standard InChI is InChI=1S/C45H32N4O12S4/c1-49-40-24-25-41(49)45(29-8-16-33(17-9-29)65(59,60)61)39-23-21-37(48-39)43(27-4-12-31(13-5-27)63(53,54)55)35-19-18-34(46-35)42(26-2-10-30(11-3-26)62(50,51)52)36-20-22-38(47-36)44(40)28-6-14-32(15-7-28)64(56,57)58/h2-25,46H,1H3,(H,50,51,52)(H,53,54,55)(H,56,57,58)(H,59,60,61). The Hall–Kier alpha value is -6.88. The van der Waals surface area contributed by atoms with Crippen LogP contribution in [-0.2, 0) is 47.5 Å². The zero-order chi connectivity index (χ0) is 46.2. The maximum Gasteiger partial charge on any atom is 0.294 e. The predicted molar refractivity (Wildman–Crippen MR) is 244 cm³/mol. The van der Waals surface area contributed by atoms with Gasteiger partial charge in [0.2, 0.25) is 0 Å². The highest BCUT2D eigenvalue weighted by Crippen LogP contribution is 2.40. The number of hydrogen-bond donors (Lipinski definition) is 5. The summed E-state index contributed by atoms with van der Waals surface area (Å²) in [5, 5.41) is 0. The molecule has 0 fully saturated rings. The summed E-state index contributed by atoms with van der Waals surface area (Å²) in [7, 11) is -16.4. The van der Waals surface area contributed by atoms with E-state index in [2.05, 4.69) is 4.98 Å². The topological polar surface area (TPSA) is 264 Å². The van der Waals surface area contributed by atoms with Gasteiger partial charge >= 0.3 is 0 Å². The van der Waals surface area contributed by atoms with E-state index in [4.69, 9.17) is 9.97 Å². The number of hydrogen-bond acceptors (Lipinski definition) is 10. The monoisotopic (exact) mass is 948 g/mol. The van der Waals surface area contributed by atoms with Crippen molar-refractivity contribution in [3.05, 3.63) is 144 Å². The number of benzene rings is 4. The van der Waals surface area contributed by atoms with Crippen molar-refractivity contribution < 1.29 is 51.9 Å². The molecule has 16 nitrogen and oxygen atoms in total. The molecule has 0 spiro atoms. The van der Waals surface area contributed by atoms with Crippen molar-refractivity contribution in [2.75, 3.05) is 0 Å². The Morgan fingerprint density at radius 1 is 0.369 bits per heavy atom. The van der Waals surface area contributed by atoms with Crippen LogP contribution in [0.2, 0.25) is 0 Å². The fraction of sp³-hybridized carbons (Fsp3) is 0.0222. The van der Waals surface area contributed by atoms with Gasteiger partial charge in [0.1, 0.15) is 0 Å². The van der Waals surface area contributed by atoms with Crippen LogP contribution in [0.3, 0.4) is 0 Å². The minimum absolute atomic E-state index is 0.335. The summed E-state index contributed by atoms with van der Waals surface area (Å²) in [4.78, 5) is 12.3. The van der Waals surface area contributed by atoms with E-state index in [1.165, 1.54) is 97.1 Å². The molecule has 9 rings (SSSR count). The zero-order valence-electron chi connectivity index (χ0n) is 33.4.